The summed E-state index contributed by atoms with van der Waals surface area (Å²) in [7, 11) is -3.91. The fourth-order valence-corrected chi connectivity index (χ4v) is 6.92. The first-order valence-electron chi connectivity index (χ1n) is 13.0. The van der Waals surface area contributed by atoms with E-state index in [2.05, 4.69) is 34.1 Å². The first kappa shape index (κ1) is 27.6. The molecule has 1 saturated carbocycles. The maximum atomic E-state index is 13.0. The Morgan fingerprint density at radius 1 is 1.03 bits per heavy atom. The van der Waals surface area contributed by atoms with Gasteiger partial charge in [0.15, 0.2) is 0 Å². The van der Waals surface area contributed by atoms with Crippen LogP contribution in [0.2, 0.25) is 10.0 Å². The number of benzene rings is 3. The third-order valence-electron chi connectivity index (χ3n) is 7.22. The largest absolute Gasteiger partial charge is 0.351 e. The van der Waals surface area contributed by atoms with Crippen LogP contribution in [0.1, 0.15) is 43.7 Å². The number of nitrogens with one attached hydrogen (secondary N) is 2. The summed E-state index contributed by atoms with van der Waals surface area (Å²) in [6.07, 6.45) is 6.77. The lowest BCUT2D eigenvalue weighted by Crippen LogP contribution is -2.33. The van der Waals surface area contributed by atoms with E-state index in [4.69, 9.17) is 33.9 Å². The summed E-state index contributed by atoms with van der Waals surface area (Å²) in [5, 5.41) is 4.85. The molecule has 1 fully saturated rings. The SMILES string of the molecule is CCc1cc(-c2ccc(NS(=O)(=O)c3cc(Cl)ccc3Cl)cc2C)cc2cnc(NC3CCC(N)CC3)nc12. The molecule has 1 aliphatic carbocycles. The number of sulfonamides is 1. The molecule has 0 aliphatic heterocycles. The van der Waals surface area contributed by atoms with Crippen LogP contribution in [0.4, 0.5) is 11.6 Å². The molecule has 204 valence electrons. The van der Waals surface area contributed by atoms with E-state index in [-0.39, 0.29) is 9.92 Å². The Balaban J connectivity index is 1.41. The molecular formula is C29H31Cl2N5O2S. The van der Waals surface area contributed by atoms with Gasteiger partial charge < -0.3 is 11.1 Å². The quantitative estimate of drug-likeness (QED) is 0.217. The number of rotatable bonds is 7. The Bertz CT molecular complexity index is 1640. The van der Waals surface area contributed by atoms with Gasteiger partial charge in [-0.2, -0.15) is 0 Å². The molecule has 0 saturated heterocycles. The van der Waals surface area contributed by atoms with E-state index in [9.17, 15) is 8.42 Å². The second kappa shape index (κ2) is 11.3. The Kier molecular flexibility index (Phi) is 8.01. The third-order valence-corrected chi connectivity index (χ3v) is 9.32. The number of aryl methyl sites for hydroxylation is 2. The van der Waals surface area contributed by atoms with E-state index in [1.807, 2.05) is 19.2 Å². The summed E-state index contributed by atoms with van der Waals surface area (Å²) < 4.78 is 28.5. The normalized spacial score (nSPS) is 17.8. The first-order chi connectivity index (χ1) is 18.6. The molecule has 0 atom stereocenters. The van der Waals surface area contributed by atoms with Gasteiger partial charge in [-0.3, -0.25) is 4.72 Å². The number of hydrogen-bond donors (Lipinski definition) is 3. The lowest BCUT2D eigenvalue weighted by atomic mass is 9.92. The van der Waals surface area contributed by atoms with Crippen molar-refractivity contribution < 1.29 is 8.42 Å². The van der Waals surface area contributed by atoms with Crippen molar-refractivity contribution >= 4 is 55.8 Å². The maximum Gasteiger partial charge on any atom is 0.263 e. The molecule has 10 heteroatoms. The molecule has 5 rings (SSSR count). The van der Waals surface area contributed by atoms with E-state index < -0.39 is 10.0 Å². The van der Waals surface area contributed by atoms with Gasteiger partial charge in [-0.15, -0.1) is 0 Å². The predicted molar refractivity (Wildman–Crippen MR) is 160 cm³/mol. The Morgan fingerprint density at radius 2 is 1.79 bits per heavy atom. The standard InChI is InChI=1S/C29H31Cl2N5O2S/c1-3-18-13-19(14-20-16-33-29(35-28(18)20)34-23-7-5-22(32)6-8-23)25-10-9-24(12-17(25)2)36-39(37,38)27-15-21(30)4-11-26(27)31/h4,9-16,22-23,36H,3,5-8,32H2,1-2H3,(H,33,34,35). The summed E-state index contributed by atoms with van der Waals surface area (Å²) in [6, 6.07) is 14.7. The molecule has 1 aliphatic rings. The van der Waals surface area contributed by atoms with E-state index in [0.717, 1.165) is 65.3 Å². The van der Waals surface area contributed by atoms with Crippen LogP contribution in [-0.2, 0) is 16.4 Å². The average molecular weight is 585 g/mol. The lowest BCUT2D eigenvalue weighted by molar-refractivity contribution is 0.410. The molecule has 0 bridgehead atoms. The van der Waals surface area contributed by atoms with Gasteiger partial charge in [0, 0.05) is 34.4 Å². The van der Waals surface area contributed by atoms with E-state index in [0.29, 0.717) is 28.7 Å². The fraction of sp³-hybridized carbons (Fsp3) is 0.310. The van der Waals surface area contributed by atoms with Crippen molar-refractivity contribution in [1.82, 2.24) is 9.97 Å². The summed E-state index contributed by atoms with van der Waals surface area (Å²) in [5.41, 5.74) is 11.5. The number of aromatic nitrogens is 2. The van der Waals surface area contributed by atoms with Crippen LogP contribution < -0.4 is 15.8 Å². The molecule has 0 unspecified atom stereocenters. The van der Waals surface area contributed by atoms with Crippen LogP contribution in [0.15, 0.2) is 59.6 Å². The highest BCUT2D eigenvalue weighted by Gasteiger charge is 2.21. The monoisotopic (exact) mass is 583 g/mol. The molecule has 7 nitrogen and oxygen atoms in total. The molecule has 0 amide bonds. The van der Waals surface area contributed by atoms with Crippen LogP contribution in [0.5, 0.6) is 0 Å². The number of halogens is 2. The highest BCUT2D eigenvalue weighted by Crippen LogP contribution is 2.33. The van der Waals surface area contributed by atoms with Crippen LogP contribution in [-0.4, -0.2) is 30.5 Å². The number of anilines is 2. The van der Waals surface area contributed by atoms with Crippen molar-refractivity contribution in [3.8, 4) is 11.1 Å². The highest BCUT2D eigenvalue weighted by molar-refractivity contribution is 7.92. The Hall–Kier alpha value is -2.91. The summed E-state index contributed by atoms with van der Waals surface area (Å²) in [4.78, 5) is 9.39. The smallest absolute Gasteiger partial charge is 0.263 e. The molecule has 4 N–H and O–H groups in total. The van der Waals surface area contributed by atoms with Gasteiger partial charge in [-0.25, -0.2) is 18.4 Å². The molecule has 3 aromatic carbocycles. The first-order valence-corrected chi connectivity index (χ1v) is 15.3. The van der Waals surface area contributed by atoms with Crippen LogP contribution in [0.25, 0.3) is 22.0 Å². The van der Waals surface area contributed by atoms with Gasteiger partial charge >= 0.3 is 0 Å². The van der Waals surface area contributed by atoms with Crippen molar-refractivity contribution in [2.45, 2.75) is 62.9 Å². The van der Waals surface area contributed by atoms with Gasteiger partial charge in [-0.1, -0.05) is 36.2 Å². The zero-order valence-electron chi connectivity index (χ0n) is 21.8. The summed E-state index contributed by atoms with van der Waals surface area (Å²) in [5.74, 6) is 0.651. The molecule has 39 heavy (non-hydrogen) atoms. The zero-order valence-corrected chi connectivity index (χ0v) is 24.2. The molecule has 4 aromatic rings. The molecule has 0 radical (unpaired) electrons. The molecular weight excluding hydrogens is 553 g/mol. The second-order valence-corrected chi connectivity index (χ2v) is 12.6. The Labute approximate surface area is 239 Å². The van der Waals surface area contributed by atoms with Gasteiger partial charge in [0.05, 0.1) is 10.5 Å². The van der Waals surface area contributed by atoms with E-state index in [1.165, 1.54) is 12.1 Å². The summed E-state index contributed by atoms with van der Waals surface area (Å²) in [6.45, 7) is 4.07. The minimum absolute atomic E-state index is 0.0681. The number of fused-ring (bicyclic) bond motifs is 1. The van der Waals surface area contributed by atoms with Gasteiger partial charge in [0.2, 0.25) is 5.95 Å². The number of nitrogens with two attached hydrogens (primary N) is 1. The third kappa shape index (κ3) is 6.14. The highest BCUT2D eigenvalue weighted by atomic mass is 35.5. The fourth-order valence-electron chi connectivity index (χ4n) is 5.10. The van der Waals surface area contributed by atoms with Crippen LogP contribution in [0.3, 0.4) is 0 Å². The predicted octanol–water partition coefficient (Wildman–Crippen LogP) is 6.96. The van der Waals surface area contributed by atoms with Crippen molar-refractivity contribution in [1.29, 1.82) is 0 Å². The second-order valence-electron chi connectivity index (χ2n) is 10.1. The number of nitrogens with zero attached hydrogens (tertiary/aromatic N) is 2. The zero-order chi connectivity index (χ0) is 27.7. The molecule has 1 heterocycles. The van der Waals surface area contributed by atoms with Crippen molar-refractivity contribution in [3.63, 3.8) is 0 Å². The average Bonchev–Trinajstić information content (AvgIpc) is 2.90. The maximum absolute atomic E-state index is 13.0. The lowest BCUT2D eigenvalue weighted by Gasteiger charge is -2.26. The Morgan fingerprint density at radius 3 is 2.51 bits per heavy atom. The molecule has 1 aromatic heterocycles. The van der Waals surface area contributed by atoms with E-state index >= 15 is 0 Å². The topological polar surface area (TPSA) is 110 Å². The van der Waals surface area contributed by atoms with Gasteiger partial charge in [-0.05, 0) is 104 Å². The van der Waals surface area contributed by atoms with Gasteiger partial charge in [0.25, 0.3) is 10.0 Å². The van der Waals surface area contributed by atoms with Gasteiger partial charge in [0.1, 0.15) is 4.90 Å². The van der Waals surface area contributed by atoms with Crippen molar-refractivity contribution in [2.75, 3.05) is 10.0 Å². The van der Waals surface area contributed by atoms with Crippen molar-refractivity contribution in [3.05, 3.63) is 75.9 Å². The van der Waals surface area contributed by atoms with Crippen molar-refractivity contribution in [2.24, 2.45) is 5.73 Å². The van der Waals surface area contributed by atoms with E-state index in [1.54, 1.807) is 18.2 Å². The minimum Gasteiger partial charge on any atom is -0.351 e. The number of hydrogen-bond acceptors (Lipinski definition) is 6. The summed E-state index contributed by atoms with van der Waals surface area (Å²) >= 11 is 12.1. The molecule has 0 spiro atoms. The minimum atomic E-state index is -3.91. The van der Waals surface area contributed by atoms with Crippen LogP contribution in [0, 0.1) is 6.92 Å². The van der Waals surface area contributed by atoms with Crippen LogP contribution >= 0.6 is 23.2 Å².